The van der Waals surface area contributed by atoms with Gasteiger partial charge in [0, 0.05) is 30.9 Å². The van der Waals surface area contributed by atoms with Crippen molar-refractivity contribution in [3.8, 4) is 0 Å². The molecule has 0 spiro atoms. The lowest BCUT2D eigenvalue weighted by Crippen LogP contribution is -2.27. The summed E-state index contributed by atoms with van der Waals surface area (Å²) in [6, 6.07) is 2.55. The number of hydrogen-bond donors (Lipinski definition) is 1. The van der Waals surface area contributed by atoms with Crippen LogP contribution in [0.4, 0.5) is 5.82 Å². The van der Waals surface area contributed by atoms with E-state index in [0.29, 0.717) is 6.04 Å². The summed E-state index contributed by atoms with van der Waals surface area (Å²) in [7, 11) is 0. The first-order chi connectivity index (χ1) is 10.3. The Hall–Kier alpha value is -1.62. The topological polar surface area (TPSA) is 45.5 Å². The zero-order valence-corrected chi connectivity index (χ0v) is 12.7. The van der Waals surface area contributed by atoms with Gasteiger partial charge in [-0.25, -0.2) is 9.50 Å². The highest BCUT2D eigenvalue weighted by Crippen LogP contribution is 2.26. The SMILES string of the molecule is Cc1cn2nc([C@@H]3CCCCN3)cc2nc1N1CCCC1. The van der Waals surface area contributed by atoms with Gasteiger partial charge in [-0.05, 0) is 39.2 Å². The molecule has 21 heavy (non-hydrogen) atoms. The van der Waals surface area contributed by atoms with Gasteiger partial charge in [-0.1, -0.05) is 6.42 Å². The third-order valence-electron chi connectivity index (χ3n) is 4.70. The Morgan fingerprint density at radius 3 is 2.81 bits per heavy atom. The lowest BCUT2D eigenvalue weighted by Gasteiger charge is -2.21. The molecule has 0 radical (unpaired) electrons. The van der Waals surface area contributed by atoms with Gasteiger partial charge in [0.25, 0.3) is 0 Å². The van der Waals surface area contributed by atoms with Crippen LogP contribution in [-0.2, 0) is 0 Å². The molecule has 2 saturated heterocycles. The van der Waals surface area contributed by atoms with Gasteiger partial charge >= 0.3 is 0 Å². The number of aryl methyl sites for hydroxylation is 1. The number of anilines is 1. The fraction of sp³-hybridized carbons (Fsp3) is 0.625. The third kappa shape index (κ3) is 2.39. The Balaban J connectivity index is 1.70. The van der Waals surface area contributed by atoms with Crippen molar-refractivity contribution in [2.45, 2.75) is 45.1 Å². The van der Waals surface area contributed by atoms with Gasteiger partial charge in [-0.2, -0.15) is 5.10 Å². The van der Waals surface area contributed by atoms with E-state index in [2.05, 4.69) is 29.4 Å². The van der Waals surface area contributed by atoms with Crippen molar-refractivity contribution in [3.63, 3.8) is 0 Å². The molecule has 2 aromatic rings. The summed E-state index contributed by atoms with van der Waals surface area (Å²) in [6.07, 6.45) is 8.44. The summed E-state index contributed by atoms with van der Waals surface area (Å²) in [6.45, 7) is 5.51. The second-order valence-corrected chi connectivity index (χ2v) is 6.32. The summed E-state index contributed by atoms with van der Waals surface area (Å²) in [5, 5.41) is 8.30. The maximum atomic E-state index is 4.87. The van der Waals surface area contributed by atoms with Crippen molar-refractivity contribution in [2.24, 2.45) is 0 Å². The molecule has 4 heterocycles. The highest BCUT2D eigenvalue weighted by Gasteiger charge is 2.20. The molecule has 1 N–H and O–H groups in total. The molecule has 2 aliphatic heterocycles. The first-order valence-corrected chi connectivity index (χ1v) is 8.16. The number of rotatable bonds is 2. The Morgan fingerprint density at radius 2 is 2.05 bits per heavy atom. The fourth-order valence-corrected chi connectivity index (χ4v) is 3.54. The minimum Gasteiger partial charge on any atom is -0.356 e. The Bertz CT molecular complexity index is 635. The molecule has 0 bridgehead atoms. The van der Waals surface area contributed by atoms with Crippen LogP contribution in [0.25, 0.3) is 5.65 Å². The van der Waals surface area contributed by atoms with Crippen LogP contribution in [0.3, 0.4) is 0 Å². The van der Waals surface area contributed by atoms with Crippen LogP contribution in [0.5, 0.6) is 0 Å². The number of piperidine rings is 1. The molecule has 0 aliphatic carbocycles. The molecule has 2 fully saturated rings. The number of aromatic nitrogens is 3. The largest absolute Gasteiger partial charge is 0.356 e. The molecule has 5 heteroatoms. The van der Waals surface area contributed by atoms with Crippen molar-refractivity contribution in [2.75, 3.05) is 24.5 Å². The maximum absolute atomic E-state index is 4.87. The van der Waals surface area contributed by atoms with Crippen molar-refractivity contribution in [3.05, 3.63) is 23.5 Å². The van der Waals surface area contributed by atoms with Gasteiger partial charge in [0.2, 0.25) is 0 Å². The number of fused-ring (bicyclic) bond motifs is 1. The monoisotopic (exact) mass is 285 g/mol. The third-order valence-corrected chi connectivity index (χ3v) is 4.70. The minimum absolute atomic E-state index is 0.399. The Kier molecular flexibility index (Phi) is 3.30. The average molecular weight is 285 g/mol. The Labute approximate surface area is 125 Å². The van der Waals surface area contributed by atoms with Gasteiger partial charge in [-0.3, -0.25) is 0 Å². The molecule has 112 valence electrons. The van der Waals surface area contributed by atoms with Gasteiger partial charge in [0.15, 0.2) is 5.65 Å². The van der Waals surface area contributed by atoms with E-state index in [1.54, 1.807) is 0 Å². The van der Waals surface area contributed by atoms with Crippen LogP contribution < -0.4 is 10.2 Å². The normalized spacial score (nSPS) is 23.1. The smallest absolute Gasteiger partial charge is 0.157 e. The van der Waals surface area contributed by atoms with E-state index in [1.165, 1.54) is 37.7 Å². The summed E-state index contributed by atoms with van der Waals surface area (Å²) in [4.78, 5) is 7.27. The molecule has 0 aromatic carbocycles. The van der Waals surface area contributed by atoms with Crippen molar-refractivity contribution in [1.82, 2.24) is 19.9 Å². The minimum atomic E-state index is 0.399. The van der Waals surface area contributed by atoms with Gasteiger partial charge in [-0.15, -0.1) is 0 Å². The van der Waals surface area contributed by atoms with E-state index in [0.717, 1.165) is 36.8 Å². The molecule has 0 amide bonds. The van der Waals surface area contributed by atoms with Crippen molar-refractivity contribution in [1.29, 1.82) is 0 Å². The zero-order valence-electron chi connectivity index (χ0n) is 12.7. The molecule has 0 unspecified atom stereocenters. The predicted molar refractivity (Wildman–Crippen MR) is 83.8 cm³/mol. The van der Waals surface area contributed by atoms with Gasteiger partial charge in [0.1, 0.15) is 5.82 Å². The summed E-state index contributed by atoms with van der Waals surface area (Å²) in [5.41, 5.74) is 3.33. The van der Waals surface area contributed by atoms with Gasteiger partial charge in [0.05, 0.1) is 11.7 Å². The number of nitrogens with one attached hydrogen (secondary N) is 1. The molecule has 5 nitrogen and oxygen atoms in total. The molecule has 2 aromatic heterocycles. The van der Waals surface area contributed by atoms with E-state index in [-0.39, 0.29) is 0 Å². The van der Waals surface area contributed by atoms with Crippen LogP contribution in [0.15, 0.2) is 12.3 Å². The number of nitrogens with zero attached hydrogens (tertiary/aromatic N) is 4. The summed E-state index contributed by atoms with van der Waals surface area (Å²) >= 11 is 0. The average Bonchev–Trinajstić information content (AvgIpc) is 3.16. The maximum Gasteiger partial charge on any atom is 0.157 e. The van der Waals surface area contributed by atoms with E-state index >= 15 is 0 Å². The molecule has 1 atom stereocenters. The zero-order chi connectivity index (χ0) is 14.2. The van der Waals surface area contributed by atoms with Crippen LogP contribution >= 0.6 is 0 Å². The summed E-state index contributed by atoms with van der Waals surface area (Å²) < 4.78 is 1.94. The first kappa shape index (κ1) is 13.1. The lowest BCUT2D eigenvalue weighted by atomic mass is 10.0. The highest BCUT2D eigenvalue weighted by atomic mass is 15.3. The molecular formula is C16H23N5. The highest BCUT2D eigenvalue weighted by molar-refractivity contribution is 5.54. The molecule has 2 aliphatic rings. The van der Waals surface area contributed by atoms with Gasteiger partial charge < -0.3 is 10.2 Å². The van der Waals surface area contributed by atoms with E-state index < -0.39 is 0 Å². The van der Waals surface area contributed by atoms with Crippen LogP contribution in [-0.4, -0.2) is 34.2 Å². The fourth-order valence-electron chi connectivity index (χ4n) is 3.54. The van der Waals surface area contributed by atoms with E-state index in [9.17, 15) is 0 Å². The molecule has 0 saturated carbocycles. The standard InChI is InChI=1S/C16H23N5/c1-12-11-21-15(18-16(12)20-8-4-5-9-20)10-14(19-21)13-6-2-3-7-17-13/h10-11,13,17H,2-9H2,1H3/t13-/m0/s1. The van der Waals surface area contributed by atoms with E-state index in [1.807, 2.05) is 4.52 Å². The lowest BCUT2D eigenvalue weighted by molar-refractivity contribution is 0.404. The molecular weight excluding hydrogens is 262 g/mol. The summed E-state index contributed by atoms with van der Waals surface area (Å²) in [5.74, 6) is 1.14. The van der Waals surface area contributed by atoms with Crippen molar-refractivity contribution >= 4 is 11.5 Å². The first-order valence-electron chi connectivity index (χ1n) is 8.16. The van der Waals surface area contributed by atoms with E-state index in [4.69, 9.17) is 10.1 Å². The number of hydrogen-bond acceptors (Lipinski definition) is 4. The van der Waals surface area contributed by atoms with Crippen LogP contribution in [0, 0.1) is 6.92 Å². The van der Waals surface area contributed by atoms with Crippen molar-refractivity contribution < 1.29 is 0 Å². The Morgan fingerprint density at radius 1 is 1.19 bits per heavy atom. The van der Waals surface area contributed by atoms with Crippen LogP contribution in [0.2, 0.25) is 0 Å². The second kappa shape index (κ2) is 5.30. The quantitative estimate of drug-likeness (QED) is 0.920. The predicted octanol–water partition coefficient (Wildman–Crippen LogP) is 2.45. The molecule has 4 rings (SSSR count). The van der Waals surface area contributed by atoms with Crippen LogP contribution in [0.1, 0.15) is 49.4 Å². The second-order valence-electron chi connectivity index (χ2n) is 6.32.